The predicted octanol–water partition coefficient (Wildman–Crippen LogP) is 4.03. The number of hydrogen-bond acceptors (Lipinski definition) is 3. The summed E-state index contributed by atoms with van der Waals surface area (Å²) in [5.41, 5.74) is -0.343. The van der Waals surface area contributed by atoms with Crippen LogP contribution in [-0.2, 0) is 9.59 Å². The van der Waals surface area contributed by atoms with Gasteiger partial charge in [0.25, 0.3) is 0 Å². The summed E-state index contributed by atoms with van der Waals surface area (Å²) in [5.74, 6) is 2.37. The van der Waals surface area contributed by atoms with Crippen LogP contribution in [-0.4, -0.2) is 41.3 Å². The SMILES string of the molecule is CC(C)(CC1CN(C(=O)C(C)(C)C)C1)NC1CC1CC(C)(C)C(=O)C1CC1. The lowest BCUT2D eigenvalue weighted by molar-refractivity contribution is -0.146. The maximum atomic E-state index is 12.5. The van der Waals surface area contributed by atoms with Crippen molar-refractivity contribution in [1.82, 2.24) is 10.2 Å². The molecule has 4 nitrogen and oxygen atoms in total. The summed E-state index contributed by atoms with van der Waals surface area (Å²) in [4.78, 5) is 26.8. The van der Waals surface area contributed by atoms with Crippen LogP contribution in [0.3, 0.4) is 0 Å². The molecule has 1 saturated heterocycles. The van der Waals surface area contributed by atoms with Crippen LogP contribution < -0.4 is 5.32 Å². The Labute approximate surface area is 165 Å². The Balaban J connectivity index is 1.40. The minimum absolute atomic E-state index is 0.0889. The largest absolute Gasteiger partial charge is 0.342 e. The number of rotatable bonds is 8. The van der Waals surface area contributed by atoms with Gasteiger partial charge in [0.1, 0.15) is 5.78 Å². The smallest absolute Gasteiger partial charge is 0.227 e. The van der Waals surface area contributed by atoms with Crippen molar-refractivity contribution in [1.29, 1.82) is 0 Å². The molecule has 0 radical (unpaired) electrons. The van der Waals surface area contributed by atoms with Crippen LogP contribution in [0.15, 0.2) is 0 Å². The van der Waals surface area contributed by atoms with E-state index in [0.29, 0.717) is 29.6 Å². The molecule has 0 aromatic rings. The van der Waals surface area contributed by atoms with Crippen molar-refractivity contribution in [2.24, 2.45) is 28.6 Å². The molecule has 1 aliphatic heterocycles. The van der Waals surface area contributed by atoms with Gasteiger partial charge in [-0.3, -0.25) is 9.59 Å². The second-order valence-electron chi connectivity index (χ2n) is 11.9. The quantitative estimate of drug-likeness (QED) is 0.696. The molecule has 2 saturated carbocycles. The van der Waals surface area contributed by atoms with E-state index in [0.717, 1.165) is 38.8 Å². The lowest BCUT2D eigenvalue weighted by Crippen LogP contribution is -2.56. The highest BCUT2D eigenvalue weighted by atomic mass is 16.2. The van der Waals surface area contributed by atoms with Gasteiger partial charge >= 0.3 is 0 Å². The number of amides is 1. The second-order valence-corrected chi connectivity index (χ2v) is 11.9. The van der Waals surface area contributed by atoms with Gasteiger partial charge in [0.05, 0.1) is 0 Å². The van der Waals surface area contributed by atoms with E-state index >= 15 is 0 Å². The molecule has 0 aromatic carbocycles. The zero-order chi connectivity index (χ0) is 20.2. The van der Waals surface area contributed by atoms with Crippen LogP contribution in [0.4, 0.5) is 0 Å². The molecular formula is C23H40N2O2. The normalized spacial score (nSPS) is 26.7. The molecule has 2 unspecified atom stereocenters. The number of nitrogens with one attached hydrogen (secondary N) is 1. The molecule has 27 heavy (non-hydrogen) atoms. The lowest BCUT2D eigenvalue weighted by Gasteiger charge is -2.45. The Morgan fingerprint density at radius 2 is 1.56 bits per heavy atom. The Morgan fingerprint density at radius 3 is 2.07 bits per heavy atom. The van der Waals surface area contributed by atoms with E-state index in [2.05, 4.69) is 33.0 Å². The minimum atomic E-state index is -0.273. The van der Waals surface area contributed by atoms with Gasteiger partial charge in [0, 0.05) is 41.4 Å². The second kappa shape index (κ2) is 6.86. The zero-order valence-electron chi connectivity index (χ0n) is 18.5. The molecular weight excluding hydrogens is 336 g/mol. The van der Waals surface area contributed by atoms with E-state index in [4.69, 9.17) is 0 Å². The van der Waals surface area contributed by atoms with E-state index in [1.165, 1.54) is 6.42 Å². The van der Waals surface area contributed by atoms with Crippen molar-refractivity contribution in [3.63, 3.8) is 0 Å². The average Bonchev–Trinajstić information content (AvgIpc) is 3.37. The fraction of sp³-hybridized carbons (Fsp3) is 0.913. The minimum Gasteiger partial charge on any atom is -0.342 e. The summed E-state index contributed by atoms with van der Waals surface area (Å²) in [6, 6.07) is 0.554. The first-order valence-corrected chi connectivity index (χ1v) is 10.9. The molecule has 1 N–H and O–H groups in total. The monoisotopic (exact) mass is 376 g/mol. The van der Waals surface area contributed by atoms with Crippen LogP contribution in [0.1, 0.15) is 80.6 Å². The molecule has 0 bridgehead atoms. The van der Waals surface area contributed by atoms with Gasteiger partial charge in [-0.2, -0.15) is 0 Å². The summed E-state index contributed by atoms with van der Waals surface area (Å²) in [7, 11) is 0. The fourth-order valence-electron chi connectivity index (χ4n) is 4.93. The van der Waals surface area contributed by atoms with Crippen LogP contribution in [0.25, 0.3) is 0 Å². The summed E-state index contributed by atoms with van der Waals surface area (Å²) in [6.07, 6.45) is 5.54. The third-order valence-corrected chi connectivity index (χ3v) is 6.57. The number of Topliss-reactive ketones (excluding diaryl/α,β-unsaturated/α-hetero) is 1. The Morgan fingerprint density at radius 1 is 0.963 bits per heavy atom. The van der Waals surface area contributed by atoms with Crippen LogP contribution >= 0.6 is 0 Å². The van der Waals surface area contributed by atoms with Crippen molar-refractivity contribution >= 4 is 11.7 Å². The lowest BCUT2D eigenvalue weighted by atomic mass is 9.80. The van der Waals surface area contributed by atoms with E-state index in [9.17, 15) is 9.59 Å². The molecule has 154 valence electrons. The van der Waals surface area contributed by atoms with Gasteiger partial charge in [-0.1, -0.05) is 34.6 Å². The summed E-state index contributed by atoms with van der Waals surface area (Å²) in [5, 5.41) is 3.85. The molecule has 1 heterocycles. The Hall–Kier alpha value is -0.900. The molecule has 0 aromatic heterocycles. The number of carbonyl (C=O) groups excluding carboxylic acids is 2. The first kappa shape index (κ1) is 20.8. The number of hydrogen-bond donors (Lipinski definition) is 1. The zero-order valence-corrected chi connectivity index (χ0v) is 18.5. The molecule has 3 fully saturated rings. The molecule has 1 amide bonds. The maximum absolute atomic E-state index is 12.5. The number of carbonyl (C=O) groups is 2. The number of ketones is 1. The molecule has 3 aliphatic rings. The van der Waals surface area contributed by atoms with Crippen molar-refractivity contribution in [3.8, 4) is 0 Å². The summed E-state index contributed by atoms with van der Waals surface area (Å²) < 4.78 is 0. The molecule has 2 atom stereocenters. The Kier molecular flexibility index (Phi) is 5.29. The van der Waals surface area contributed by atoms with Gasteiger partial charge < -0.3 is 10.2 Å². The highest BCUT2D eigenvalue weighted by molar-refractivity contribution is 5.88. The fourth-order valence-corrected chi connectivity index (χ4v) is 4.93. The maximum Gasteiger partial charge on any atom is 0.227 e. The Bertz CT molecular complexity index is 592. The summed E-state index contributed by atoms with van der Waals surface area (Å²) in [6.45, 7) is 16.7. The molecule has 0 spiro atoms. The van der Waals surface area contributed by atoms with Crippen LogP contribution in [0.5, 0.6) is 0 Å². The van der Waals surface area contributed by atoms with Gasteiger partial charge in [-0.05, 0) is 57.8 Å². The van der Waals surface area contributed by atoms with E-state index in [1.54, 1.807) is 0 Å². The molecule has 3 rings (SSSR count). The van der Waals surface area contributed by atoms with Crippen LogP contribution in [0.2, 0.25) is 0 Å². The highest BCUT2D eigenvalue weighted by Gasteiger charge is 2.48. The first-order chi connectivity index (χ1) is 12.3. The van der Waals surface area contributed by atoms with E-state index in [-0.39, 0.29) is 22.3 Å². The first-order valence-electron chi connectivity index (χ1n) is 10.9. The molecule has 2 aliphatic carbocycles. The van der Waals surface area contributed by atoms with Crippen molar-refractivity contribution < 1.29 is 9.59 Å². The number of likely N-dealkylation sites (tertiary alicyclic amines) is 1. The van der Waals surface area contributed by atoms with Gasteiger partial charge in [0.2, 0.25) is 5.91 Å². The van der Waals surface area contributed by atoms with Gasteiger partial charge in [-0.15, -0.1) is 0 Å². The van der Waals surface area contributed by atoms with Gasteiger partial charge in [0.15, 0.2) is 0 Å². The van der Waals surface area contributed by atoms with Crippen molar-refractivity contribution in [2.75, 3.05) is 13.1 Å². The summed E-state index contributed by atoms with van der Waals surface area (Å²) >= 11 is 0. The topological polar surface area (TPSA) is 49.4 Å². The van der Waals surface area contributed by atoms with E-state index in [1.807, 2.05) is 25.7 Å². The standard InChI is InChI=1S/C23H40N2O2/c1-21(2,3)20(27)25-13-15(14-25)11-23(6,7)24-18-10-17(18)12-22(4,5)19(26)16-8-9-16/h15-18,24H,8-14H2,1-7H3. The third-order valence-electron chi connectivity index (χ3n) is 6.57. The highest BCUT2D eigenvalue weighted by Crippen LogP contribution is 2.46. The van der Waals surface area contributed by atoms with Crippen molar-refractivity contribution in [2.45, 2.75) is 92.2 Å². The average molecular weight is 377 g/mol. The van der Waals surface area contributed by atoms with Crippen molar-refractivity contribution in [3.05, 3.63) is 0 Å². The third kappa shape index (κ3) is 5.13. The molecule has 4 heteroatoms. The van der Waals surface area contributed by atoms with Crippen LogP contribution in [0, 0.1) is 28.6 Å². The number of nitrogens with zero attached hydrogens (tertiary/aromatic N) is 1. The predicted molar refractivity (Wildman–Crippen MR) is 109 cm³/mol. The van der Waals surface area contributed by atoms with E-state index < -0.39 is 0 Å². The van der Waals surface area contributed by atoms with Gasteiger partial charge in [-0.25, -0.2) is 0 Å².